The largest absolute Gasteiger partial charge is 0.544 e. The highest BCUT2D eigenvalue weighted by Gasteiger charge is 2.36. The molecule has 8 heteroatoms. The number of hydrogen-bond donors (Lipinski definition) is 1. The normalized spacial score (nSPS) is 22.8. The third-order valence-electron chi connectivity index (χ3n) is 8.42. The van der Waals surface area contributed by atoms with Crippen LogP contribution in [0.15, 0.2) is 36.7 Å². The van der Waals surface area contributed by atoms with Gasteiger partial charge in [-0.25, -0.2) is 0 Å². The number of nitrogens with zero attached hydrogens (tertiary/aromatic N) is 3. The number of rotatable bonds is 7. The number of carboxylic acid groups (broad SMARTS) is 1. The van der Waals surface area contributed by atoms with Gasteiger partial charge in [0.25, 0.3) is 0 Å². The summed E-state index contributed by atoms with van der Waals surface area (Å²) in [5.74, 6) is -0.441. The highest BCUT2D eigenvalue weighted by Crippen LogP contribution is 2.41. The van der Waals surface area contributed by atoms with Crippen molar-refractivity contribution in [3.63, 3.8) is 0 Å². The Morgan fingerprint density at radius 3 is 2.53 bits per heavy atom. The van der Waals surface area contributed by atoms with E-state index in [9.17, 15) is 14.7 Å². The zero-order valence-corrected chi connectivity index (χ0v) is 23.7. The van der Waals surface area contributed by atoms with Crippen molar-refractivity contribution in [3.05, 3.63) is 52.0 Å². The fourth-order valence-electron chi connectivity index (χ4n) is 6.21. The molecule has 1 saturated heterocycles. The van der Waals surface area contributed by atoms with E-state index in [1.54, 1.807) is 6.20 Å². The van der Waals surface area contributed by atoms with E-state index in [-0.39, 0.29) is 28.9 Å². The number of carbonyl (C=O) groups is 2. The highest BCUT2D eigenvalue weighted by atomic mass is 32.1. The van der Waals surface area contributed by atoms with Crippen LogP contribution in [0.5, 0.6) is 0 Å². The molecule has 7 nitrogen and oxygen atoms in total. The Kier molecular flexibility index (Phi) is 9.74. The topological polar surface area (TPSA) is 113 Å². The number of likely N-dealkylation sites (tertiary alicyclic amines) is 1. The van der Waals surface area contributed by atoms with Gasteiger partial charge in [0.15, 0.2) is 0 Å². The van der Waals surface area contributed by atoms with Crippen molar-refractivity contribution in [2.75, 3.05) is 18.0 Å². The van der Waals surface area contributed by atoms with E-state index < -0.39 is 5.97 Å². The first-order chi connectivity index (χ1) is 18.0. The molecule has 0 spiro atoms. The van der Waals surface area contributed by atoms with Crippen LogP contribution in [0.3, 0.4) is 0 Å². The van der Waals surface area contributed by atoms with Crippen LogP contribution < -0.4 is 16.2 Å². The second-order valence-corrected chi connectivity index (χ2v) is 12.2. The van der Waals surface area contributed by atoms with E-state index in [4.69, 9.17) is 0 Å². The van der Waals surface area contributed by atoms with Crippen LogP contribution in [0.4, 0.5) is 5.69 Å². The van der Waals surface area contributed by atoms with Crippen molar-refractivity contribution in [1.82, 2.24) is 16.0 Å². The standard InChI is InChI=1S/C30H39N3O3S.H3N/c1-21-9-11-24(12-10-21)29(34)33(25-13-16-32(17-14-25)20-22-6-5-15-31-19-22)26-18-27(37-28(26)30(35)36)23-7-3-2-4-8-23;/h5-7,15,18-19,21,24-25H,2-4,8-14,16-17,20H2,1H3,(H,35,36);1H3. The Morgan fingerprint density at radius 2 is 1.89 bits per heavy atom. The first-order valence-corrected chi connectivity index (χ1v) is 14.8. The van der Waals surface area contributed by atoms with E-state index in [0.29, 0.717) is 11.6 Å². The van der Waals surface area contributed by atoms with Gasteiger partial charge in [-0.15, -0.1) is 11.3 Å². The maximum Gasteiger partial charge on any atom is 0.230 e. The van der Waals surface area contributed by atoms with Crippen LogP contribution in [0, 0.1) is 11.8 Å². The molecule has 0 radical (unpaired) electrons. The molecule has 4 N–H and O–H groups in total. The second kappa shape index (κ2) is 13.0. The number of carboxylic acids is 1. The molecule has 3 heterocycles. The van der Waals surface area contributed by atoms with E-state index in [1.165, 1.54) is 28.9 Å². The van der Waals surface area contributed by atoms with Crippen molar-refractivity contribution in [2.24, 2.45) is 11.8 Å². The van der Waals surface area contributed by atoms with Gasteiger partial charge < -0.3 is 21.0 Å². The lowest BCUT2D eigenvalue weighted by Crippen LogP contribution is -2.50. The average Bonchev–Trinajstić information content (AvgIpc) is 3.37. The van der Waals surface area contributed by atoms with Crippen molar-refractivity contribution >= 4 is 34.5 Å². The highest BCUT2D eigenvalue weighted by molar-refractivity contribution is 7.15. The first kappa shape index (κ1) is 28.5. The Balaban J connectivity index is 0.00000336. The zero-order chi connectivity index (χ0) is 25.8. The number of thiophene rings is 1. The number of piperidine rings is 1. The van der Waals surface area contributed by atoms with Gasteiger partial charge in [-0.2, -0.15) is 0 Å². The molecule has 38 heavy (non-hydrogen) atoms. The summed E-state index contributed by atoms with van der Waals surface area (Å²) in [6.45, 7) is 4.84. The Labute approximate surface area is 230 Å². The van der Waals surface area contributed by atoms with Crippen LogP contribution in [-0.2, 0) is 11.3 Å². The number of aromatic carboxylic acids is 1. The van der Waals surface area contributed by atoms with Gasteiger partial charge in [-0.3, -0.25) is 14.7 Å². The minimum atomic E-state index is -1.17. The number of allylic oxidation sites excluding steroid dienone is 2. The predicted octanol–water partition coefficient (Wildman–Crippen LogP) is 5.66. The van der Waals surface area contributed by atoms with Gasteiger partial charge >= 0.3 is 0 Å². The molecule has 2 aromatic heterocycles. The maximum absolute atomic E-state index is 14.1. The van der Waals surface area contributed by atoms with Crippen molar-refractivity contribution in [2.45, 2.75) is 83.7 Å². The summed E-state index contributed by atoms with van der Waals surface area (Å²) in [7, 11) is 0. The number of hydrogen-bond acceptors (Lipinski definition) is 6. The SMILES string of the molecule is CC1CCC(C(=O)N(c2cc(C3=CCCCC3)sc2C(=O)[O-])C2CCN(Cc3cccnc3)CC2)CC1.[NH4+]. The maximum atomic E-state index is 14.1. The number of anilines is 1. The molecule has 206 valence electrons. The van der Waals surface area contributed by atoms with Crippen LogP contribution in [0.1, 0.15) is 91.2 Å². The van der Waals surface area contributed by atoms with E-state index in [2.05, 4.69) is 29.0 Å². The summed E-state index contributed by atoms with van der Waals surface area (Å²) < 4.78 is 0. The molecule has 1 amide bonds. The smallest absolute Gasteiger partial charge is 0.230 e. The molecule has 0 bridgehead atoms. The first-order valence-electron chi connectivity index (χ1n) is 14.0. The fourth-order valence-corrected chi connectivity index (χ4v) is 7.26. The van der Waals surface area contributed by atoms with Gasteiger partial charge in [0.1, 0.15) is 0 Å². The Morgan fingerprint density at radius 1 is 1.13 bits per heavy atom. The number of quaternary nitrogens is 1. The van der Waals surface area contributed by atoms with E-state index >= 15 is 0 Å². The zero-order valence-electron chi connectivity index (χ0n) is 22.9. The Hall–Kier alpha value is -2.55. The van der Waals surface area contributed by atoms with E-state index in [1.807, 2.05) is 23.2 Å². The number of amides is 1. The van der Waals surface area contributed by atoms with Crippen LogP contribution in [0.2, 0.25) is 0 Å². The molecule has 2 aliphatic carbocycles. The summed E-state index contributed by atoms with van der Waals surface area (Å²) >= 11 is 1.29. The number of aromatic nitrogens is 1. The predicted molar refractivity (Wildman–Crippen MR) is 152 cm³/mol. The van der Waals surface area contributed by atoms with Gasteiger partial charge in [0, 0.05) is 48.9 Å². The lowest BCUT2D eigenvalue weighted by molar-refractivity contribution is -0.254. The average molecular weight is 539 g/mol. The second-order valence-electron chi connectivity index (χ2n) is 11.1. The molecule has 1 aliphatic heterocycles. The van der Waals surface area contributed by atoms with Gasteiger partial charge in [0.2, 0.25) is 5.91 Å². The molecule has 1 saturated carbocycles. The quantitative estimate of drug-likeness (QED) is 0.488. The lowest BCUT2D eigenvalue weighted by atomic mass is 9.82. The fraction of sp³-hybridized carbons (Fsp3) is 0.567. The minimum absolute atomic E-state index is 0. The molecule has 2 aromatic rings. The van der Waals surface area contributed by atoms with Gasteiger partial charge in [0.05, 0.1) is 16.5 Å². The minimum Gasteiger partial charge on any atom is -0.544 e. The number of pyridine rings is 1. The molecular formula is C30H42N4O3S. The molecule has 0 aromatic carbocycles. The van der Waals surface area contributed by atoms with Crippen LogP contribution in [-0.4, -0.2) is 40.9 Å². The van der Waals surface area contributed by atoms with Crippen molar-refractivity contribution < 1.29 is 14.7 Å². The molecule has 0 unspecified atom stereocenters. The summed E-state index contributed by atoms with van der Waals surface area (Å²) in [5, 5.41) is 12.3. The monoisotopic (exact) mass is 538 g/mol. The molecule has 0 atom stereocenters. The molecule has 5 rings (SSSR count). The summed E-state index contributed by atoms with van der Waals surface area (Å²) in [5.41, 5.74) is 2.98. The van der Waals surface area contributed by atoms with Gasteiger partial charge in [-0.05, 0) is 93.4 Å². The lowest BCUT2D eigenvalue weighted by Gasteiger charge is -2.41. The van der Waals surface area contributed by atoms with Crippen LogP contribution in [0.25, 0.3) is 5.57 Å². The third-order valence-corrected chi connectivity index (χ3v) is 9.60. The van der Waals surface area contributed by atoms with Crippen LogP contribution >= 0.6 is 11.3 Å². The molecule has 2 fully saturated rings. The summed E-state index contributed by atoms with van der Waals surface area (Å²) in [4.78, 5) is 36.2. The van der Waals surface area contributed by atoms with E-state index in [0.717, 1.165) is 82.3 Å². The summed E-state index contributed by atoms with van der Waals surface area (Å²) in [6, 6.07) is 6.04. The molecular weight excluding hydrogens is 496 g/mol. The van der Waals surface area contributed by atoms with Crippen molar-refractivity contribution in [3.8, 4) is 0 Å². The third kappa shape index (κ3) is 6.53. The summed E-state index contributed by atoms with van der Waals surface area (Å²) in [6.07, 6.45) is 15.8. The van der Waals surface area contributed by atoms with Gasteiger partial charge in [-0.1, -0.05) is 19.1 Å². The molecule has 3 aliphatic rings. The Bertz CT molecular complexity index is 1120. The number of carbonyl (C=O) groups excluding carboxylic acids is 2. The van der Waals surface area contributed by atoms with Crippen molar-refractivity contribution in [1.29, 1.82) is 0 Å².